The highest BCUT2D eigenvalue weighted by atomic mass is 16.5. The predicted octanol–water partition coefficient (Wildman–Crippen LogP) is 5.96. The first kappa shape index (κ1) is 33.2. The summed E-state index contributed by atoms with van der Waals surface area (Å²) in [7, 11) is 1.28. The molecular formula is C35H42N4O6. The van der Waals surface area contributed by atoms with E-state index >= 15 is 0 Å². The van der Waals surface area contributed by atoms with Gasteiger partial charge in [-0.2, -0.15) is 0 Å². The van der Waals surface area contributed by atoms with Gasteiger partial charge in [0.15, 0.2) is 0 Å². The summed E-state index contributed by atoms with van der Waals surface area (Å²) in [5, 5.41) is 2.73. The number of para-hydroxylation sites is 2. The Hall–Kier alpha value is -4.73. The number of benzene rings is 2. The lowest BCUT2D eigenvalue weighted by molar-refractivity contribution is -0.152. The number of hydrogen-bond acceptors (Lipinski definition) is 8. The summed E-state index contributed by atoms with van der Waals surface area (Å²) < 4.78 is 16.9. The van der Waals surface area contributed by atoms with Crippen LogP contribution in [0.3, 0.4) is 0 Å². The maximum atomic E-state index is 14.0. The van der Waals surface area contributed by atoms with Gasteiger partial charge in [-0.1, -0.05) is 69.8 Å². The van der Waals surface area contributed by atoms with Crippen LogP contribution in [0.5, 0.6) is 5.88 Å². The molecule has 2 heterocycles. The molecule has 0 saturated carbocycles. The summed E-state index contributed by atoms with van der Waals surface area (Å²) >= 11 is 0. The maximum absolute atomic E-state index is 14.0. The smallest absolute Gasteiger partial charge is 0.407 e. The van der Waals surface area contributed by atoms with Crippen molar-refractivity contribution in [2.75, 3.05) is 20.3 Å². The average molecular weight is 615 g/mol. The first-order valence-corrected chi connectivity index (χ1v) is 15.1. The molecule has 1 aliphatic rings. The van der Waals surface area contributed by atoms with E-state index < -0.39 is 41.6 Å². The molecule has 2 aromatic carbocycles. The van der Waals surface area contributed by atoms with E-state index in [9.17, 15) is 14.4 Å². The molecule has 2 amide bonds. The van der Waals surface area contributed by atoms with Crippen molar-refractivity contribution in [2.45, 2.75) is 64.6 Å². The van der Waals surface area contributed by atoms with Crippen LogP contribution in [0.2, 0.25) is 0 Å². The highest BCUT2D eigenvalue weighted by Crippen LogP contribution is 2.33. The van der Waals surface area contributed by atoms with Gasteiger partial charge in [0, 0.05) is 12.0 Å². The molecule has 45 heavy (non-hydrogen) atoms. The van der Waals surface area contributed by atoms with E-state index in [1.54, 1.807) is 6.08 Å². The molecule has 10 heteroatoms. The number of ether oxygens (including phenoxy) is 3. The largest absolute Gasteiger partial charge is 0.471 e. The van der Waals surface area contributed by atoms with E-state index in [1.807, 2.05) is 75.4 Å². The van der Waals surface area contributed by atoms with Crippen molar-refractivity contribution in [1.29, 1.82) is 0 Å². The third-order valence-electron chi connectivity index (χ3n) is 7.64. The van der Waals surface area contributed by atoms with Gasteiger partial charge in [0.1, 0.15) is 23.9 Å². The van der Waals surface area contributed by atoms with Gasteiger partial charge >= 0.3 is 12.1 Å². The number of nitrogens with zero attached hydrogens (tertiary/aromatic N) is 3. The molecule has 0 bridgehead atoms. The maximum Gasteiger partial charge on any atom is 0.407 e. The number of likely N-dealkylation sites (tertiary alicyclic amines) is 1. The Labute approximate surface area is 264 Å². The molecule has 1 saturated heterocycles. The number of esters is 1. The molecule has 0 unspecified atom stereocenters. The highest BCUT2D eigenvalue weighted by molar-refractivity contribution is 5.91. The third kappa shape index (κ3) is 8.26. The summed E-state index contributed by atoms with van der Waals surface area (Å²) in [6, 6.07) is 13.3. The molecule has 3 aromatic rings. The molecule has 4 rings (SSSR count). The first-order valence-electron chi connectivity index (χ1n) is 15.1. The number of nitrogens with one attached hydrogen (secondary N) is 1. The Balaban J connectivity index is 1.60. The van der Waals surface area contributed by atoms with Crippen molar-refractivity contribution in [2.24, 2.45) is 5.41 Å². The predicted molar refractivity (Wildman–Crippen MR) is 173 cm³/mol. The monoisotopic (exact) mass is 614 g/mol. The summed E-state index contributed by atoms with van der Waals surface area (Å²) in [5.41, 5.74) is 2.88. The van der Waals surface area contributed by atoms with Crippen molar-refractivity contribution >= 4 is 35.1 Å². The Bertz CT molecular complexity index is 1550. The number of methoxy groups -OCH3 is 1. The summed E-state index contributed by atoms with van der Waals surface area (Å²) in [4.78, 5) is 50.8. The number of fused-ring (bicyclic) bond motifs is 1. The van der Waals surface area contributed by atoms with Gasteiger partial charge < -0.3 is 24.4 Å². The van der Waals surface area contributed by atoms with Crippen LogP contribution in [0.1, 0.15) is 52.0 Å². The quantitative estimate of drug-likeness (QED) is 0.151. The molecule has 0 spiro atoms. The fourth-order valence-electron chi connectivity index (χ4n) is 5.24. The van der Waals surface area contributed by atoms with Gasteiger partial charge in [0.25, 0.3) is 0 Å². The standard InChI is InChI=1S/C35H42N4O6/c1-7-9-10-13-19-44-34(42)38-30(35(3,4)5)32(40)39-22-25(21-28(39)33(41)43-6)45-31-29(24-16-14-15-23(8-2)20-24)36-26-17-11-12-18-27(26)37-31/h7-8,11-12,14-18,20,25,28,30H,1-2,9-10,13,19,21-22H2,3-6H3,(H,38,42)/t25-,28+,30-/m1/s1. The molecule has 0 radical (unpaired) electrons. The van der Waals surface area contributed by atoms with E-state index in [2.05, 4.69) is 18.5 Å². The molecule has 10 nitrogen and oxygen atoms in total. The lowest BCUT2D eigenvalue weighted by atomic mass is 9.85. The number of amides is 2. The Morgan fingerprint density at radius 1 is 1.07 bits per heavy atom. The number of aromatic nitrogens is 2. The van der Waals surface area contributed by atoms with Crippen LogP contribution < -0.4 is 10.1 Å². The van der Waals surface area contributed by atoms with Crippen molar-refractivity contribution < 1.29 is 28.6 Å². The fraction of sp³-hybridized carbons (Fsp3) is 0.400. The SMILES string of the molecule is C=CCCCCOC(=O)N[C@H](C(=O)N1C[C@H](Oc2nc3ccccc3nc2-c2cccc(C=C)c2)C[C@H]1C(=O)OC)C(C)(C)C. The Kier molecular flexibility index (Phi) is 10.9. The highest BCUT2D eigenvalue weighted by Gasteiger charge is 2.46. The van der Waals surface area contributed by atoms with Gasteiger partial charge in [-0.25, -0.2) is 19.6 Å². The molecule has 0 aliphatic carbocycles. The van der Waals surface area contributed by atoms with Crippen LogP contribution in [0.15, 0.2) is 67.8 Å². The van der Waals surface area contributed by atoms with Gasteiger partial charge in [0.2, 0.25) is 11.8 Å². The fourth-order valence-corrected chi connectivity index (χ4v) is 5.24. The number of alkyl carbamates (subject to hydrolysis) is 1. The van der Waals surface area contributed by atoms with Crippen LogP contribution in [0, 0.1) is 5.41 Å². The zero-order valence-corrected chi connectivity index (χ0v) is 26.5. The molecule has 1 aromatic heterocycles. The van der Waals surface area contributed by atoms with Gasteiger partial charge in [-0.3, -0.25) is 4.79 Å². The minimum absolute atomic E-state index is 0.0735. The molecule has 1 aliphatic heterocycles. The summed E-state index contributed by atoms with van der Waals surface area (Å²) in [6.07, 6.45) is 4.79. The number of carbonyl (C=O) groups excluding carboxylic acids is 3. The summed E-state index contributed by atoms with van der Waals surface area (Å²) in [5.74, 6) is -0.727. The van der Waals surface area contributed by atoms with Crippen LogP contribution in [-0.2, 0) is 19.1 Å². The van der Waals surface area contributed by atoms with Crippen molar-refractivity contribution in [1.82, 2.24) is 20.2 Å². The third-order valence-corrected chi connectivity index (χ3v) is 7.64. The average Bonchev–Trinajstić information content (AvgIpc) is 3.45. The minimum atomic E-state index is -0.971. The zero-order chi connectivity index (χ0) is 32.6. The topological polar surface area (TPSA) is 120 Å². The van der Waals surface area contributed by atoms with Crippen LogP contribution >= 0.6 is 0 Å². The minimum Gasteiger partial charge on any atom is -0.471 e. The normalized spacial score (nSPS) is 16.9. The van der Waals surface area contributed by atoms with E-state index in [1.165, 1.54) is 12.0 Å². The van der Waals surface area contributed by atoms with E-state index in [0.717, 1.165) is 24.0 Å². The molecule has 238 valence electrons. The Morgan fingerprint density at radius 3 is 2.47 bits per heavy atom. The zero-order valence-electron chi connectivity index (χ0n) is 26.5. The lowest BCUT2D eigenvalue weighted by Crippen LogP contribution is -2.57. The van der Waals surface area contributed by atoms with Gasteiger partial charge in [0.05, 0.1) is 31.3 Å². The molecule has 1 fully saturated rings. The van der Waals surface area contributed by atoms with Crippen molar-refractivity contribution in [3.63, 3.8) is 0 Å². The number of allylic oxidation sites excluding steroid dienone is 1. The second-order valence-electron chi connectivity index (χ2n) is 12.1. The number of rotatable bonds is 12. The summed E-state index contributed by atoms with van der Waals surface area (Å²) in [6.45, 7) is 13.4. The molecule has 3 atom stereocenters. The number of carbonyl (C=O) groups is 3. The van der Waals surface area contributed by atoms with E-state index in [-0.39, 0.29) is 25.5 Å². The Morgan fingerprint density at radius 2 is 1.80 bits per heavy atom. The van der Waals surface area contributed by atoms with Crippen molar-refractivity contribution in [3.05, 3.63) is 73.3 Å². The molecule has 1 N–H and O–H groups in total. The van der Waals surface area contributed by atoms with Crippen LogP contribution in [0.4, 0.5) is 4.79 Å². The van der Waals surface area contributed by atoms with Gasteiger partial charge in [-0.05, 0) is 48.4 Å². The number of hydrogen-bond donors (Lipinski definition) is 1. The lowest BCUT2D eigenvalue weighted by Gasteiger charge is -2.34. The van der Waals surface area contributed by atoms with E-state index in [4.69, 9.17) is 24.2 Å². The van der Waals surface area contributed by atoms with Gasteiger partial charge in [-0.15, -0.1) is 6.58 Å². The second kappa shape index (κ2) is 14.8. The van der Waals surface area contributed by atoms with Crippen LogP contribution in [-0.4, -0.2) is 71.3 Å². The van der Waals surface area contributed by atoms with Crippen LogP contribution in [0.25, 0.3) is 28.4 Å². The van der Waals surface area contributed by atoms with Crippen molar-refractivity contribution in [3.8, 4) is 17.1 Å². The second-order valence-corrected chi connectivity index (χ2v) is 12.1. The van der Waals surface area contributed by atoms with E-state index in [0.29, 0.717) is 23.1 Å². The first-order chi connectivity index (χ1) is 21.5. The molecular weight excluding hydrogens is 572 g/mol. The number of unbranched alkanes of at least 4 members (excludes halogenated alkanes) is 2.